The number of thiophene rings is 1. The average molecular weight is 211 g/mol. The molecule has 0 atom stereocenters. The molecule has 0 radical (unpaired) electrons. The van der Waals surface area contributed by atoms with Crippen molar-refractivity contribution in [1.82, 2.24) is 0 Å². The summed E-state index contributed by atoms with van der Waals surface area (Å²) in [5.41, 5.74) is 0.144. The molecular formula is C11H17NOS. The van der Waals surface area contributed by atoms with Crippen LogP contribution in [-0.2, 0) is 0 Å². The lowest BCUT2D eigenvalue weighted by molar-refractivity contribution is 0.112. The average Bonchev–Trinajstić information content (AvgIpc) is 2.64. The topological polar surface area (TPSA) is 20.3 Å². The van der Waals surface area contributed by atoms with Crippen molar-refractivity contribution >= 4 is 22.6 Å². The summed E-state index contributed by atoms with van der Waals surface area (Å²) in [6.07, 6.45) is 1.98. The first kappa shape index (κ1) is 11.2. The molecule has 0 fully saturated rings. The molecule has 14 heavy (non-hydrogen) atoms. The third-order valence-corrected chi connectivity index (χ3v) is 3.92. The number of carbonyl (C=O) groups is 1. The molecule has 0 unspecified atom stereocenters. The van der Waals surface area contributed by atoms with Gasteiger partial charge in [-0.15, -0.1) is 11.3 Å². The number of aldehydes is 1. The van der Waals surface area contributed by atoms with E-state index in [1.807, 2.05) is 12.1 Å². The first-order chi connectivity index (χ1) is 6.51. The summed E-state index contributed by atoms with van der Waals surface area (Å²) in [4.78, 5) is 13.6. The minimum atomic E-state index is 0.144. The van der Waals surface area contributed by atoms with Crippen LogP contribution < -0.4 is 4.90 Å². The van der Waals surface area contributed by atoms with Crippen LogP contribution in [0.1, 0.15) is 36.9 Å². The molecule has 0 aromatic carbocycles. The van der Waals surface area contributed by atoms with Crippen LogP contribution in [0, 0.1) is 0 Å². The van der Waals surface area contributed by atoms with Gasteiger partial charge in [-0.05, 0) is 32.4 Å². The zero-order chi connectivity index (χ0) is 10.8. The molecule has 1 rings (SSSR count). The van der Waals surface area contributed by atoms with Crippen LogP contribution in [0.4, 0.5) is 5.00 Å². The van der Waals surface area contributed by atoms with Crippen LogP contribution in [0.25, 0.3) is 0 Å². The van der Waals surface area contributed by atoms with Crippen molar-refractivity contribution in [1.29, 1.82) is 0 Å². The second-order valence-corrected chi connectivity index (χ2v) is 5.11. The van der Waals surface area contributed by atoms with Crippen molar-refractivity contribution in [3.05, 3.63) is 17.0 Å². The molecule has 1 aromatic rings. The van der Waals surface area contributed by atoms with Gasteiger partial charge < -0.3 is 4.90 Å². The third kappa shape index (κ3) is 2.15. The fourth-order valence-electron chi connectivity index (χ4n) is 1.12. The fourth-order valence-corrected chi connectivity index (χ4v) is 2.07. The Bertz CT molecular complexity index is 317. The maximum Gasteiger partial charge on any atom is 0.160 e. The summed E-state index contributed by atoms with van der Waals surface area (Å²) in [6, 6.07) is 3.88. The van der Waals surface area contributed by atoms with Crippen LogP contribution in [0.2, 0.25) is 0 Å². The summed E-state index contributed by atoms with van der Waals surface area (Å²) in [5, 5.41) is 1.15. The number of hydrogen-bond donors (Lipinski definition) is 0. The van der Waals surface area contributed by atoms with Crippen LogP contribution in [0.3, 0.4) is 0 Å². The molecule has 0 N–H and O–H groups in total. The smallest absolute Gasteiger partial charge is 0.160 e. The molecule has 1 aromatic heterocycles. The van der Waals surface area contributed by atoms with Crippen molar-refractivity contribution in [3.63, 3.8) is 0 Å². The lowest BCUT2D eigenvalue weighted by Gasteiger charge is -2.35. The second-order valence-electron chi connectivity index (χ2n) is 4.02. The van der Waals surface area contributed by atoms with Gasteiger partial charge in [-0.3, -0.25) is 4.79 Å². The highest BCUT2D eigenvalue weighted by Gasteiger charge is 2.22. The Labute approximate surface area is 89.5 Å². The van der Waals surface area contributed by atoms with Crippen LogP contribution >= 0.6 is 11.3 Å². The maximum atomic E-state index is 10.6. The van der Waals surface area contributed by atoms with E-state index in [2.05, 4.69) is 32.7 Å². The SMILES string of the molecule is CCC(C)(C)N(C)c1ccc(C=O)s1. The van der Waals surface area contributed by atoms with E-state index < -0.39 is 0 Å². The van der Waals surface area contributed by atoms with E-state index in [1.54, 1.807) is 11.3 Å². The van der Waals surface area contributed by atoms with Gasteiger partial charge in [0, 0.05) is 12.6 Å². The van der Waals surface area contributed by atoms with Gasteiger partial charge >= 0.3 is 0 Å². The van der Waals surface area contributed by atoms with E-state index in [9.17, 15) is 4.79 Å². The molecular weight excluding hydrogens is 194 g/mol. The van der Waals surface area contributed by atoms with Crippen molar-refractivity contribution < 1.29 is 4.79 Å². The minimum absolute atomic E-state index is 0.144. The second kappa shape index (κ2) is 4.13. The molecule has 0 spiro atoms. The number of anilines is 1. The van der Waals surface area contributed by atoms with Crippen molar-refractivity contribution in [3.8, 4) is 0 Å². The number of carbonyl (C=O) groups excluding carboxylic acids is 1. The first-order valence-corrected chi connectivity index (χ1v) is 5.61. The quantitative estimate of drug-likeness (QED) is 0.713. The standard InChI is InChI=1S/C11H17NOS/c1-5-11(2,3)12(4)10-7-6-9(8-13)14-10/h6-8H,5H2,1-4H3. The van der Waals surface area contributed by atoms with Gasteiger partial charge in [-0.2, -0.15) is 0 Å². The van der Waals surface area contributed by atoms with Gasteiger partial charge in [0.05, 0.1) is 9.88 Å². The molecule has 0 aliphatic rings. The predicted molar refractivity (Wildman–Crippen MR) is 62.5 cm³/mol. The fraction of sp³-hybridized carbons (Fsp3) is 0.545. The highest BCUT2D eigenvalue weighted by atomic mass is 32.1. The van der Waals surface area contributed by atoms with Gasteiger partial charge in [0.15, 0.2) is 6.29 Å². The molecule has 0 bridgehead atoms. The molecule has 0 saturated heterocycles. The summed E-state index contributed by atoms with van der Waals surface area (Å²) in [6.45, 7) is 6.57. The Morgan fingerprint density at radius 3 is 2.57 bits per heavy atom. The molecule has 0 aliphatic carbocycles. The zero-order valence-corrected chi connectivity index (χ0v) is 10.0. The largest absolute Gasteiger partial charge is 0.361 e. The van der Waals surface area contributed by atoms with Crippen molar-refractivity contribution in [2.75, 3.05) is 11.9 Å². The highest BCUT2D eigenvalue weighted by molar-refractivity contribution is 7.17. The van der Waals surface area contributed by atoms with E-state index >= 15 is 0 Å². The van der Waals surface area contributed by atoms with Gasteiger partial charge in [0.25, 0.3) is 0 Å². The minimum Gasteiger partial charge on any atom is -0.361 e. The van der Waals surface area contributed by atoms with E-state index in [0.29, 0.717) is 0 Å². The molecule has 0 aliphatic heterocycles. The van der Waals surface area contributed by atoms with E-state index in [-0.39, 0.29) is 5.54 Å². The Balaban J connectivity index is 2.88. The molecule has 2 nitrogen and oxygen atoms in total. The number of rotatable bonds is 4. The third-order valence-electron chi connectivity index (χ3n) is 2.83. The summed E-state index contributed by atoms with van der Waals surface area (Å²) < 4.78 is 0. The van der Waals surface area contributed by atoms with Crippen LogP contribution in [0.15, 0.2) is 12.1 Å². The molecule has 3 heteroatoms. The summed E-state index contributed by atoms with van der Waals surface area (Å²) in [5.74, 6) is 0. The number of nitrogens with zero attached hydrogens (tertiary/aromatic N) is 1. The first-order valence-electron chi connectivity index (χ1n) is 4.80. The maximum absolute atomic E-state index is 10.6. The predicted octanol–water partition coefficient (Wildman–Crippen LogP) is 3.19. The summed E-state index contributed by atoms with van der Waals surface area (Å²) in [7, 11) is 2.07. The number of hydrogen-bond acceptors (Lipinski definition) is 3. The monoisotopic (exact) mass is 211 g/mol. The van der Waals surface area contributed by atoms with E-state index in [0.717, 1.165) is 22.6 Å². The van der Waals surface area contributed by atoms with Gasteiger partial charge in [0.1, 0.15) is 0 Å². The van der Waals surface area contributed by atoms with Crippen molar-refractivity contribution in [2.45, 2.75) is 32.7 Å². The Morgan fingerprint density at radius 2 is 2.14 bits per heavy atom. The molecule has 78 valence electrons. The van der Waals surface area contributed by atoms with Crippen LogP contribution in [-0.4, -0.2) is 18.9 Å². The highest BCUT2D eigenvalue weighted by Crippen LogP contribution is 2.30. The van der Waals surface area contributed by atoms with Crippen molar-refractivity contribution in [2.24, 2.45) is 0 Å². The Kier molecular flexibility index (Phi) is 3.32. The van der Waals surface area contributed by atoms with Gasteiger partial charge in [-0.1, -0.05) is 6.92 Å². The van der Waals surface area contributed by atoms with Gasteiger partial charge in [-0.25, -0.2) is 0 Å². The molecule has 0 saturated carbocycles. The van der Waals surface area contributed by atoms with E-state index in [1.165, 1.54) is 0 Å². The lowest BCUT2D eigenvalue weighted by atomic mass is 10.0. The molecule has 1 heterocycles. The lowest BCUT2D eigenvalue weighted by Crippen LogP contribution is -2.39. The normalized spacial score (nSPS) is 11.4. The Hall–Kier alpha value is -0.830. The van der Waals surface area contributed by atoms with Crippen LogP contribution in [0.5, 0.6) is 0 Å². The zero-order valence-electron chi connectivity index (χ0n) is 9.20. The molecule has 0 amide bonds. The van der Waals surface area contributed by atoms with Gasteiger partial charge in [0.2, 0.25) is 0 Å². The Morgan fingerprint density at radius 1 is 1.50 bits per heavy atom. The van der Waals surface area contributed by atoms with E-state index in [4.69, 9.17) is 0 Å². The summed E-state index contributed by atoms with van der Waals surface area (Å²) >= 11 is 1.54.